The van der Waals surface area contributed by atoms with Gasteiger partial charge in [0.2, 0.25) is 5.88 Å². The van der Waals surface area contributed by atoms with E-state index < -0.39 is 0 Å². The van der Waals surface area contributed by atoms with Gasteiger partial charge in [-0.15, -0.1) is 0 Å². The number of nitrogens with one attached hydrogen (secondary N) is 2. The third-order valence-corrected chi connectivity index (χ3v) is 5.96. The number of nitrogens with zero attached hydrogens (tertiary/aromatic N) is 3. The van der Waals surface area contributed by atoms with Crippen LogP contribution in [0.1, 0.15) is 70.1 Å². The maximum absolute atomic E-state index is 13.3. The van der Waals surface area contributed by atoms with E-state index in [9.17, 15) is 9.59 Å². The van der Waals surface area contributed by atoms with Crippen molar-refractivity contribution < 1.29 is 19.1 Å². The molecule has 9 heteroatoms. The summed E-state index contributed by atoms with van der Waals surface area (Å²) in [6, 6.07) is 10.9. The second kappa shape index (κ2) is 10.5. The lowest BCUT2D eigenvalue weighted by atomic mass is 10.1. The van der Waals surface area contributed by atoms with Gasteiger partial charge in [-0.3, -0.25) is 14.6 Å². The molecular weight excluding hydrogens is 434 g/mol. The van der Waals surface area contributed by atoms with Gasteiger partial charge >= 0.3 is 0 Å². The van der Waals surface area contributed by atoms with Crippen molar-refractivity contribution in [1.82, 2.24) is 25.2 Å². The number of fused-ring (bicyclic) bond motifs is 1. The summed E-state index contributed by atoms with van der Waals surface area (Å²) in [6.07, 6.45) is 3.74. The summed E-state index contributed by atoms with van der Waals surface area (Å²) in [5.74, 6) is -0.107. The molecule has 3 aromatic rings. The molecule has 0 aliphatic carbocycles. The van der Waals surface area contributed by atoms with Crippen LogP contribution in [0.2, 0.25) is 0 Å². The Hall–Kier alpha value is -3.72. The van der Waals surface area contributed by atoms with Gasteiger partial charge in [0.1, 0.15) is 5.69 Å². The number of rotatable bonds is 8. The van der Waals surface area contributed by atoms with Gasteiger partial charge in [-0.05, 0) is 25.0 Å². The fourth-order valence-electron chi connectivity index (χ4n) is 4.04. The highest BCUT2D eigenvalue weighted by atomic mass is 16.5. The fraction of sp³-hybridized carbons (Fsp3) is 0.360. The summed E-state index contributed by atoms with van der Waals surface area (Å²) < 4.78 is 12.5. The van der Waals surface area contributed by atoms with Crippen LogP contribution >= 0.6 is 0 Å². The van der Waals surface area contributed by atoms with E-state index in [-0.39, 0.29) is 30.5 Å². The highest BCUT2D eigenvalue weighted by Crippen LogP contribution is 2.24. The van der Waals surface area contributed by atoms with Crippen LogP contribution < -0.4 is 15.4 Å². The number of hydrogen-bond donors (Lipinski definition) is 2. The predicted molar refractivity (Wildman–Crippen MR) is 125 cm³/mol. The monoisotopic (exact) mass is 463 g/mol. The van der Waals surface area contributed by atoms with Crippen LogP contribution in [0.25, 0.3) is 0 Å². The average Bonchev–Trinajstić information content (AvgIpc) is 3.28. The Morgan fingerprint density at radius 1 is 1.15 bits per heavy atom. The molecule has 1 aliphatic heterocycles. The number of benzene rings is 1. The first-order valence-electron chi connectivity index (χ1n) is 11.3. The zero-order valence-electron chi connectivity index (χ0n) is 19.6. The maximum atomic E-state index is 13.3. The molecule has 0 saturated carbocycles. The minimum atomic E-state index is -0.332. The van der Waals surface area contributed by atoms with Crippen molar-refractivity contribution in [3.05, 3.63) is 77.0 Å². The Bertz CT molecular complexity index is 1140. The van der Waals surface area contributed by atoms with Crippen molar-refractivity contribution in [2.75, 3.05) is 13.7 Å². The lowest BCUT2D eigenvalue weighted by molar-refractivity contribution is 0.0774. The Kier molecular flexibility index (Phi) is 7.22. The Morgan fingerprint density at radius 2 is 1.94 bits per heavy atom. The molecule has 2 N–H and O–H groups in total. The number of ether oxygens (including phenoxy) is 2. The lowest BCUT2D eigenvalue weighted by Crippen LogP contribution is -2.31. The van der Waals surface area contributed by atoms with Gasteiger partial charge in [0.05, 0.1) is 61.8 Å². The van der Waals surface area contributed by atoms with E-state index >= 15 is 0 Å². The molecule has 9 nitrogen and oxygen atoms in total. The van der Waals surface area contributed by atoms with Gasteiger partial charge in [-0.2, -0.15) is 0 Å². The predicted octanol–water partition coefficient (Wildman–Crippen LogP) is 3.19. The minimum absolute atomic E-state index is 0.171. The molecule has 2 aromatic heterocycles. The third kappa shape index (κ3) is 4.94. The van der Waals surface area contributed by atoms with Gasteiger partial charge < -0.3 is 24.7 Å². The van der Waals surface area contributed by atoms with Gasteiger partial charge in [-0.25, -0.2) is 4.98 Å². The molecule has 3 heterocycles. The number of aromatic nitrogens is 3. The van der Waals surface area contributed by atoms with Crippen molar-refractivity contribution in [1.29, 1.82) is 0 Å². The van der Waals surface area contributed by atoms with E-state index in [1.165, 1.54) is 13.3 Å². The lowest BCUT2D eigenvalue weighted by Gasteiger charge is -2.21. The number of amides is 2. The maximum Gasteiger partial charge on any atom is 0.268 e. The first kappa shape index (κ1) is 23.4. The van der Waals surface area contributed by atoms with E-state index in [1.807, 2.05) is 48.7 Å². The van der Waals surface area contributed by atoms with E-state index in [0.717, 1.165) is 5.56 Å². The standard InChI is InChI=1S/C25H29N5O4/c1-4-19(20-13-27-23(33-3)14-26-20)29-24(31)18-12-21(30-10-11-34-15-22(18)30)25(32)28-16(2)17-8-6-5-7-9-17/h5-9,12-14,16,19H,4,10-11,15H2,1-3H3,(H,28,32)(H,29,31)/t16-,19+/m1/s1. The first-order chi connectivity index (χ1) is 16.5. The van der Waals surface area contributed by atoms with Crippen molar-refractivity contribution in [2.45, 2.75) is 45.5 Å². The molecular formula is C25H29N5O4. The van der Waals surface area contributed by atoms with E-state index in [1.54, 1.807) is 12.3 Å². The zero-order chi connectivity index (χ0) is 24.1. The smallest absolute Gasteiger partial charge is 0.268 e. The molecule has 1 aliphatic rings. The average molecular weight is 464 g/mol. The summed E-state index contributed by atoms with van der Waals surface area (Å²) in [7, 11) is 1.52. The molecule has 0 fully saturated rings. The summed E-state index contributed by atoms with van der Waals surface area (Å²) >= 11 is 0. The van der Waals surface area contributed by atoms with Crippen molar-refractivity contribution in [3.8, 4) is 5.88 Å². The van der Waals surface area contributed by atoms with Gasteiger partial charge in [0.15, 0.2) is 0 Å². The minimum Gasteiger partial charge on any atom is -0.480 e. The molecule has 0 spiro atoms. The van der Waals surface area contributed by atoms with Crippen LogP contribution in [-0.2, 0) is 17.9 Å². The first-order valence-corrected chi connectivity index (χ1v) is 11.3. The van der Waals surface area contributed by atoms with Gasteiger partial charge in [-0.1, -0.05) is 37.3 Å². The number of methoxy groups -OCH3 is 1. The van der Waals surface area contributed by atoms with Gasteiger partial charge in [0, 0.05) is 6.54 Å². The van der Waals surface area contributed by atoms with Gasteiger partial charge in [0.25, 0.3) is 11.8 Å². The molecule has 4 rings (SSSR count). The highest BCUT2D eigenvalue weighted by molar-refractivity contribution is 6.01. The van der Waals surface area contributed by atoms with Crippen LogP contribution in [0.3, 0.4) is 0 Å². The number of carbonyl (C=O) groups excluding carboxylic acids is 2. The molecule has 178 valence electrons. The molecule has 0 unspecified atom stereocenters. The van der Waals surface area contributed by atoms with Crippen LogP contribution in [-0.4, -0.2) is 40.1 Å². The molecule has 1 aromatic carbocycles. The van der Waals surface area contributed by atoms with Crippen LogP contribution in [0, 0.1) is 0 Å². The van der Waals surface area contributed by atoms with Crippen molar-refractivity contribution in [2.24, 2.45) is 0 Å². The topological polar surface area (TPSA) is 107 Å². The fourth-order valence-corrected chi connectivity index (χ4v) is 4.04. The quantitative estimate of drug-likeness (QED) is 0.531. The Morgan fingerprint density at radius 3 is 2.62 bits per heavy atom. The van der Waals surface area contributed by atoms with E-state index in [4.69, 9.17) is 9.47 Å². The largest absolute Gasteiger partial charge is 0.480 e. The zero-order valence-corrected chi connectivity index (χ0v) is 19.6. The summed E-state index contributed by atoms with van der Waals surface area (Å²) in [5.41, 5.74) is 3.21. The number of hydrogen-bond acceptors (Lipinski definition) is 6. The summed E-state index contributed by atoms with van der Waals surface area (Å²) in [4.78, 5) is 35.0. The molecule has 0 bridgehead atoms. The molecule has 0 saturated heterocycles. The number of carbonyl (C=O) groups is 2. The van der Waals surface area contributed by atoms with E-state index in [2.05, 4.69) is 20.6 Å². The second-order valence-corrected chi connectivity index (χ2v) is 8.12. The van der Waals surface area contributed by atoms with Crippen LogP contribution in [0.4, 0.5) is 0 Å². The normalized spacial score (nSPS) is 14.6. The Labute approximate surface area is 198 Å². The SMILES string of the molecule is CC[C@H](NC(=O)c1cc(C(=O)N[C@H](C)c2ccccc2)n2c1COCC2)c1cnc(OC)cn1. The van der Waals surface area contributed by atoms with Crippen molar-refractivity contribution in [3.63, 3.8) is 0 Å². The molecule has 34 heavy (non-hydrogen) atoms. The van der Waals surface area contributed by atoms with Crippen molar-refractivity contribution >= 4 is 11.8 Å². The summed E-state index contributed by atoms with van der Waals surface area (Å²) in [6.45, 7) is 5.15. The Balaban J connectivity index is 1.55. The molecule has 0 radical (unpaired) electrons. The van der Waals surface area contributed by atoms with Crippen LogP contribution in [0.15, 0.2) is 48.8 Å². The highest BCUT2D eigenvalue weighted by Gasteiger charge is 2.28. The molecule has 2 atom stereocenters. The second-order valence-electron chi connectivity index (χ2n) is 8.12. The van der Waals surface area contributed by atoms with E-state index in [0.29, 0.717) is 48.1 Å². The summed E-state index contributed by atoms with van der Waals surface area (Å²) in [5, 5.41) is 6.06. The molecule has 2 amide bonds. The van der Waals surface area contributed by atoms with Crippen LogP contribution in [0.5, 0.6) is 5.88 Å². The third-order valence-electron chi connectivity index (χ3n) is 5.96.